The summed E-state index contributed by atoms with van der Waals surface area (Å²) in [5, 5.41) is 2.53. The summed E-state index contributed by atoms with van der Waals surface area (Å²) >= 11 is 0. The van der Waals surface area contributed by atoms with Crippen LogP contribution in [0, 0.1) is 0 Å². The first-order chi connectivity index (χ1) is 10.3. The topological polar surface area (TPSA) is 20.5 Å². The zero-order chi connectivity index (χ0) is 14.4. The maximum Gasteiger partial charge on any atom is 0.100 e. The van der Waals surface area contributed by atoms with Crippen LogP contribution in [0.5, 0.6) is 0 Å². The predicted molar refractivity (Wildman–Crippen MR) is 87.6 cm³/mol. The molecule has 0 fully saturated rings. The largest absolute Gasteiger partial charge is 0.305 e. The molecule has 0 saturated carbocycles. The van der Waals surface area contributed by atoms with Gasteiger partial charge in [0, 0.05) is 22.9 Å². The van der Waals surface area contributed by atoms with E-state index in [2.05, 4.69) is 70.8 Å². The van der Waals surface area contributed by atoms with Gasteiger partial charge in [0.25, 0.3) is 0 Å². The van der Waals surface area contributed by atoms with E-state index < -0.39 is 0 Å². The van der Waals surface area contributed by atoms with Crippen molar-refractivity contribution in [3.8, 4) is 0 Å². The molecule has 21 heavy (non-hydrogen) atoms. The molecule has 0 bridgehead atoms. The van der Waals surface area contributed by atoms with Crippen molar-refractivity contribution in [1.82, 2.24) is 14.3 Å². The van der Waals surface area contributed by atoms with Crippen LogP contribution < -0.4 is 0 Å². The lowest BCUT2D eigenvalue weighted by molar-refractivity contribution is 0.405. The van der Waals surface area contributed by atoms with E-state index in [4.69, 9.17) is 0 Å². The standard InChI is InChI=1S/C18H17N3/c1-20(2)11-15-13-7-4-6-10-17(13)21-12-19-16-9-5-3-8-14(16)18(15)21/h3-10,12H,11H2,1-2H3. The molecular weight excluding hydrogens is 258 g/mol. The van der Waals surface area contributed by atoms with Crippen LogP contribution in [-0.2, 0) is 6.54 Å². The number of rotatable bonds is 2. The smallest absolute Gasteiger partial charge is 0.100 e. The molecule has 0 N–H and O–H groups in total. The molecule has 3 nitrogen and oxygen atoms in total. The number of para-hydroxylation sites is 2. The lowest BCUT2D eigenvalue weighted by Crippen LogP contribution is -2.10. The number of benzene rings is 2. The molecule has 0 amide bonds. The number of hydrogen-bond acceptors (Lipinski definition) is 2. The molecule has 0 aliphatic heterocycles. The first-order valence-corrected chi connectivity index (χ1v) is 7.16. The molecule has 0 spiro atoms. The molecule has 2 aromatic carbocycles. The van der Waals surface area contributed by atoms with Crippen LogP contribution in [0.15, 0.2) is 54.9 Å². The Morgan fingerprint density at radius 1 is 0.952 bits per heavy atom. The molecule has 4 rings (SSSR count). The second-order valence-corrected chi connectivity index (χ2v) is 5.71. The van der Waals surface area contributed by atoms with Gasteiger partial charge in [0.15, 0.2) is 0 Å². The van der Waals surface area contributed by atoms with Gasteiger partial charge >= 0.3 is 0 Å². The van der Waals surface area contributed by atoms with Crippen molar-refractivity contribution < 1.29 is 0 Å². The second kappa shape index (κ2) is 4.57. The fourth-order valence-corrected chi connectivity index (χ4v) is 3.13. The van der Waals surface area contributed by atoms with Crippen LogP contribution in [-0.4, -0.2) is 28.4 Å². The Bertz CT molecular complexity index is 951. The van der Waals surface area contributed by atoms with E-state index in [1.54, 1.807) is 0 Å². The summed E-state index contributed by atoms with van der Waals surface area (Å²) in [6, 6.07) is 16.9. The highest BCUT2D eigenvalue weighted by atomic mass is 15.1. The minimum Gasteiger partial charge on any atom is -0.305 e. The van der Waals surface area contributed by atoms with E-state index in [0.29, 0.717) is 0 Å². The van der Waals surface area contributed by atoms with Crippen molar-refractivity contribution in [2.75, 3.05) is 14.1 Å². The van der Waals surface area contributed by atoms with Crippen LogP contribution in [0.1, 0.15) is 5.56 Å². The second-order valence-electron chi connectivity index (χ2n) is 5.71. The van der Waals surface area contributed by atoms with E-state index in [1.165, 1.54) is 27.4 Å². The summed E-state index contributed by atoms with van der Waals surface area (Å²) in [5.41, 5.74) is 4.92. The average molecular weight is 275 g/mol. The van der Waals surface area contributed by atoms with Crippen LogP contribution in [0.25, 0.3) is 27.3 Å². The molecule has 3 heteroatoms. The Hall–Kier alpha value is -2.39. The Morgan fingerprint density at radius 3 is 2.48 bits per heavy atom. The van der Waals surface area contributed by atoms with Gasteiger partial charge in [0.2, 0.25) is 0 Å². The van der Waals surface area contributed by atoms with Crippen LogP contribution in [0.3, 0.4) is 0 Å². The molecular formula is C18H17N3. The summed E-state index contributed by atoms with van der Waals surface area (Å²) in [6.45, 7) is 0.922. The maximum atomic E-state index is 4.60. The lowest BCUT2D eigenvalue weighted by Gasteiger charge is -2.10. The Kier molecular flexibility index (Phi) is 2.69. The van der Waals surface area contributed by atoms with E-state index in [-0.39, 0.29) is 0 Å². The van der Waals surface area contributed by atoms with Gasteiger partial charge in [-0.15, -0.1) is 0 Å². The van der Waals surface area contributed by atoms with Crippen molar-refractivity contribution >= 4 is 27.3 Å². The molecule has 0 atom stereocenters. The summed E-state index contributed by atoms with van der Waals surface area (Å²) < 4.78 is 2.22. The molecule has 0 aliphatic carbocycles. The first-order valence-electron chi connectivity index (χ1n) is 7.16. The Balaban J connectivity index is 2.25. The SMILES string of the molecule is CN(C)Cc1c2ccccc2n2cnc3ccccc3c12. The average Bonchev–Trinajstić information content (AvgIpc) is 2.82. The minimum atomic E-state index is 0.922. The summed E-state index contributed by atoms with van der Waals surface area (Å²) in [5.74, 6) is 0. The monoisotopic (exact) mass is 275 g/mol. The van der Waals surface area contributed by atoms with E-state index in [9.17, 15) is 0 Å². The summed E-state index contributed by atoms with van der Waals surface area (Å²) in [6.07, 6.45) is 1.94. The third-order valence-corrected chi connectivity index (χ3v) is 3.96. The quantitative estimate of drug-likeness (QED) is 0.556. The third-order valence-electron chi connectivity index (χ3n) is 3.96. The van der Waals surface area contributed by atoms with Gasteiger partial charge < -0.3 is 4.90 Å². The molecule has 0 unspecified atom stereocenters. The highest BCUT2D eigenvalue weighted by molar-refractivity contribution is 6.04. The first kappa shape index (κ1) is 12.4. The zero-order valence-corrected chi connectivity index (χ0v) is 12.2. The molecule has 0 saturated heterocycles. The van der Waals surface area contributed by atoms with Crippen molar-refractivity contribution in [3.63, 3.8) is 0 Å². The predicted octanol–water partition coefficient (Wildman–Crippen LogP) is 3.70. The molecule has 0 aliphatic rings. The molecule has 4 aromatic rings. The maximum absolute atomic E-state index is 4.60. The van der Waals surface area contributed by atoms with Gasteiger partial charge in [-0.25, -0.2) is 4.98 Å². The molecule has 2 heterocycles. The highest BCUT2D eigenvalue weighted by Gasteiger charge is 2.14. The number of aromatic nitrogens is 2. The van der Waals surface area contributed by atoms with E-state index >= 15 is 0 Å². The van der Waals surface area contributed by atoms with Crippen molar-refractivity contribution in [2.45, 2.75) is 6.54 Å². The van der Waals surface area contributed by atoms with Crippen LogP contribution >= 0.6 is 0 Å². The Labute approximate surface area is 123 Å². The number of hydrogen-bond donors (Lipinski definition) is 0. The fraction of sp³-hybridized carbons (Fsp3) is 0.167. The van der Waals surface area contributed by atoms with Crippen LogP contribution in [0.2, 0.25) is 0 Å². The van der Waals surface area contributed by atoms with Crippen LogP contribution in [0.4, 0.5) is 0 Å². The van der Waals surface area contributed by atoms with Gasteiger partial charge in [-0.2, -0.15) is 0 Å². The summed E-state index contributed by atoms with van der Waals surface area (Å²) in [4.78, 5) is 6.82. The third kappa shape index (κ3) is 1.82. The minimum absolute atomic E-state index is 0.922. The number of nitrogens with zero attached hydrogens (tertiary/aromatic N) is 3. The zero-order valence-electron chi connectivity index (χ0n) is 12.2. The van der Waals surface area contributed by atoms with Crippen molar-refractivity contribution in [2.24, 2.45) is 0 Å². The van der Waals surface area contributed by atoms with Gasteiger partial charge in [-0.05, 0) is 26.2 Å². The molecule has 2 aromatic heterocycles. The van der Waals surface area contributed by atoms with E-state index in [1.807, 2.05) is 12.4 Å². The Morgan fingerprint density at radius 2 is 1.67 bits per heavy atom. The van der Waals surface area contributed by atoms with Gasteiger partial charge in [0.05, 0.1) is 16.6 Å². The highest BCUT2D eigenvalue weighted by Crippen LogP contribution is 2.31. The van der Waals surface area contributed by atoms with Gasteiger partial charge in [0.1, 0.15) is 6.33 Å². The summed E-state index contributed by atoms with van der Waals surface area (Å²) in [7, 11) is 4.23. The van der Waals surface area contributed by atoms with Gasteiger partial charge in [-0.1, -0.05) is 36.4 Å². The normalized spacial score (nSPS) is 12.0. The lowest BCUT2D eigenvalue weighted by atomic mass is 10.1. The number of fused-ring (bicyclic) bond motifs is 5. The molecule has 0 radical (unpaired) electrons. The fourth-order valence-electron chi connectivity index (χ4n) is 3.13. The van der Waals surface area contributed by atoms with Crippen molar-refractivity contribution in [1.29, 1.82) is 0 Å². The van der Waals surface area contributed by atoms with E-state index in [0.717, 1.165) is 12.1 Å². The van der Waals surface area contributed by atoms with Gasteiger partial charge in [-0.3, -0.25) is 4.40 Å². The molecule has 104 valence electrons. The van der Waals surface area contributed by atoms with Crippen molar-refractivity contribution in [3.05, 3.63) is 60.4 Å².